The van der Waals surface area contributed by atoms with Crippen molar-refractivity contribution in [3.8, 4) is 5.82 Å². The molecule has 2 rings (SSSR count). The molecule has 88 valence electrons. The first kappa shape index (κ1) is 11.5. The number of aromatic nitrogens is 4. The van der Waals surface area contributed by atoms with E-state index in [9.17, 15) is 0 Å². The Bertz CT molecular complexity index is 547. The van der Waals surface area contributed by atoms with E-state index in [0.717, 1.165) is 0 Å². The number of imidazole rings is 1. The number of thiocarbonyl (C=S) groups is 1. The van der Waals surface area contributed by atoms with Gasteiger partial charge in [0.05, 0.1) is 0 Å². The van der Waals surface area contributed by atoms with Crippen molar-refractivity contribution in [2.45, 2.75) is 0 Å². The number of nitrogens with zero attached hydrogens (tertiary/aromatic N) is 5. The van der Waals surface area contributed by atoms with Gasteiger partial charge in [-0.2, -0.15) is 4.98 Å². The van der Waals surface area contributed by atoms with Gasteiger partial charge in [0.15, 0.2) is 5.82 Å². The van der Waals surface area contributed by atoms with Gasteiger partial charge in [0, 0.05) is 32.7 Å². The molecule has 0 aliphatic heterocycles. The van der Waals surface area contributed by atoms with E-state index in [0.29, 0.717) is 17.6 Å². The van der Waals surface area contributed by atoms with Crippen LogP contribution in [0.15, 0.2) is 24.7 Å². The van der Waals surface area contributed by atoms with E-state index in [1.807, 2.05) is 19.0 Å². The largest absolute Gasteiger partial charge is 0.387 e. The van der Waals surface area contributed by atoms with E-state index >= 15 is 0 Å². The first-order chi connectivity index (χ1) is 8.09. The molecule has 0 saturated carbocycles. The number of rotatable bonds is 3. The van der Waals surface area contributed by atoms with E-state index in [2.05, 4.69) is 15.0 Å². The van der Waals surface area contributed by atoms with Gasteiger partial charge in [-0.25, -0.2) is 9.97 Å². The third kappa shape index (κ3) is 2.23. The Morgan fingerprint density at radius 3 is 2.76 bits per heavy atom. The predicted molar refractivity (Wildman–Crippen MR) is 69.4 cm³/mol. The molecule has 2 N–H and O–H groups in total. The molecule has 0 aliphatic rings. The fourth-order valence-electron chi connectivity index (χ4n) is 1.36. The maximum atomic E-state index is 5.59. The van der Waals surface area contributed by atoms with Crippen molar-refractivity contribution in [2.75, 3.05) is 19.0 Å². The Labute approximate surface area is 104 Å². The summed E-state index contributed by atoms with van der Waals surface area (Å²) in [5, 5.41) is 0. The molecular weight excluding hydrogens is 236 g/mol. The molecule has 7 heteroatoms. The van der Waals surface area contributed by atoms with E-state index in [1.165, 1.54) is 0 Å². The number of hydrogen-bond donors (Lipinski definition) is 1. The van der Waals surface area contributed by atoms with Crippen molar-refractivity contribution in [2.24, 2.45) is 5.73 Å². The quantitative estimate of drug-likeness (QED) is 0.791. The highest BCUT2D eigenvalue weighted by Gasteiger charge is 2.09. The number of hydrogen-bond acceptors (Lipinski definition) is 5. The summed E-state index contributed by atoms with van der Waals surface area (Å²) < 4.78 is 1.73. The zero-order valence-corrected chi connectivity index (χ0v) is 10.3. The van der Waals surface area contributed by atoms with Crippen LogP contribution in [0.1, 0.15) is 5.82 Å². The second-order valence-corrected chi connectivity index (χ2v) is 4.03. The summed E-state index contributed by atoms with van der Waals surface area (Å²) in [6, 6.07) is 1.77. The molecular formula is C10H12N6S. The lowest BCUT2D eigenvalue weighted by molar-refractivity contribution is 0.924. The third-order valence-electron chi connectivity index (χ3n) is 2.14. The van der Waals surface area contributed by atoms with Gasteiger partial charge in [-0.1, -0.05) is 12.2 Å². The Morgan fingerprint density at radius 2 is 2.12 bits per heavy atom. The molecule has 0 amide bonds. The van der Waals surface area contributed by atoms with Crippen LogP contribution in [-0.4, -0.2) is 38.6 Å². The average molecular weight is 248 g/mol. The lowest BCUT2D eigenvalue weighted by Gasteiger charge is -2.11. The van der Waals surface area contributed by atoms with Crippen molar-refractivity contribution >= 4 is 23.2 Å². The average Bonchev–Trinajstić information content (AvgIpc) is 2.78. The molecule has 2 aromatic heterocycles. The molecule has 0 fully saturated rings. The van der Waals surface area contributed by atoms with Gasteiger partial charge in [0.1, 0.15) is 10.8 Å². The number of nitrogens with two attached hydrogens (primary N) is 1. The molecule has 0 aliphatic carbocycles. The Kier molecular flexibility index (Phi) is 3.01. The van der Waals surface area contributed by atoms with Gasteiger partial charge in [-0.3, -0.25) is 4.57 Å². The highest BCUT2D eigenvalue weighted by Crippen LogP contribution is 2.10. The van der Waals surface area contributed by atoms with Gasteiger partial charge >= 0.3 is 0 Å². The van der Waals surface area contributed by atoms with Crippen molar-refractivity contribution in [3.63, 3.8) is 0 Å². The smallest absolute Gasteiger partial charge is 0.226 e. The normalized spacial score (nSPS) is 10.2. The third-order valence-corrected chi connectivity index (χ3v) is 2.32. The first-order valence-electron chi connectivity index (χ1n) is 4.93. The Hall–Kier alpha value is -2.02. The minimum absolute atomic E-state index is 0.236. The van der Waals surface area contributed by atoms with Gasteiger partial charge in [0.25, 0.3) is 0 Å². The van der Waals surface area contributed by atoms with Crippen molar-refractivity contribution < 1.29 is 0 Å². The van der Waals surface area contributed by atoms with Crippen LogP contribution in [-0.2, 0) is 0 Å². The van der Waals surface area contributed by atoms with Crippen LogP contribution < -0.4 is 10.6 Å². The summed E-state index contributed by atoms with van der Waals surface area (Å²) in [5.41, 5.74) is 5.59. The van der Waals surface area contributed by atoms with Crippen LogP contribution in [0.25, 0.3) is 5.82 Å². The second kappa shape index (κ2) is 4.46. The summed E-state index contributed by atoms with van der Waals surface area (Å²) in [6.45, 7) is 0. The Balaban J connectivity index is 2.49. The zero-order valence-electron chi connectivity index (χ0n) is 9.53. The monoisotopic (exact) mass is 248 g/mol. The summed E-state index contributed by atoms with van der Waals surface area (Å²) in [4.78, 5) is 14.7. The van der Waals surface area contributed by atoms with Crippen molar-refractivity contribution in [1.29, 1.82) is 0 Å². The predicted octanol–water partition coefficient (Wildman–Crippen LogP) is 0.362. The molecule has 0 saturated heterocycles. The second-order valence-electron chi connectivity index (χ2n) is 3.59. The van der Waals surface area contributed by atoms with Gasteiger partial charge in [-0.15, -0.1) is 0 Å². The summed E-state index contributed by atoms with van der Waals surface area (Å²) in [5.74, 6) is 1.82. The summed E-state index contributed by atoms with van der Waals surface area (Å²) in [6.07, 6.45) is 5.07. The maximum absolute atomic E-state index is 5.59. The minimum Gasteiger partial charge on any atom is -0.387 e. The van der Waals surface area contributed by atoms with Gasteiger partial charge < -0.3 is 10.6 Å². The standard InChI is InChI=1S/C10H12N6S/c1-15(2)10-13-4-3-7(14-10)16-6-5-12-9(16)8(11)17/h3-6H,1-2H3,(H2,11,17). The Morgan fingerprint density at radius 1 is 1.35 bits per heavy atom. The molecule has 2 aromatic rings. The van der Waals surface area contributed by atoms with Crippen molar-refractivity contribution in [1.82, 2.24) is 19.5 Å². The highest BCUT2D eigenvalue weighted by molar-refractivity contribution is 7.80. The number of anilines is 1. The summed E-state index contributed by atoms with van der Waals surface area (Å²) >= 11 is 4.93. The van der Waals surface area contributed by atoms with Crippen LogP contribution >= 0.6 is 12.2 Å². The first-order valence-corrected chi connectivity index (χ1v) is 5.34. The molecule has 0 unspecified atom stereocenters. The molecule has 0 spiro atoms. The SMILES string of the molecule is CN(C)c1nccc(-n2ccnc2C(N)=S)n1. The van der Waals surface area contributed by atoms with Crippen LogP contribution in [0, 0.1) is 0 Å². The lowest BCUT2D eigenvalue weighted by atomic mass is 10.5. The van der Waals surface area contributed by atoms with E-state index < -0.39 is 0 Å². The van der Waals surface area contributed by atoms with Crippen LogP contribution in [0.4, 0.5) is 5.95 Å². The molecule has 17 heavy (non-hydrogen) atoms. The van der Waals surface area contributed by atoms with Crippen LogP contribution in [0.2, 0.25) is 0 Å². The lowest BCUT2D eigenvalue weighted by Crippen LogP contribution is -2.18. The molecule has 6 nitrogen and oxygen atoms in total. The molecule has 0 radical (unpaired) electrons. The van der Waals surface area contributed by atoms with Crippen molar-refractivity contribution in [3.05, 3.63) is 30.5 Å². The van der Waals surface area contributed by atoms with Gasteiger partial charge in [-0.05, 0) is 6.07 Å². The topological polar surface area (TPSA) is 72.9 Å². The molecule has 0 atom stereocenters. The van der Waals surface area contributed by atoms with Crippen LogP contribution in [0.5, 0.6) is 0 Å². The highest BCUT2D eigenvalue weighted by atomic mass is 32.1. The fourth-order valence-corrected chi connectivity index (χ4v) is 1.51. The van der Waals surface area contributed by atoms with E-state index in [-0.39, 0.29) is 4.99 Å². The summed E-state index contributed by atoms with van der Waals surface area (Å²) in [7, 11) is 3.75. The van der Waals surface area contributed by atoms with E-state index in [4.69, 9.17) is 18.0 Å². The van der Waals surface area contributed by atoms with Gasteiger partial charge in [0.2, 0.25) is 5.95 Å². The maximum Gasteiger partial charge on any atom is 0.226 e. The van der Waals surface area contributed by atoms with E-state index in [1.54, 1.807) is 29.2 Å². The molecule has 0 aromatic carbocycles. The molecule has 0 bridgehead atoms. The minimum atomic E-state index is 0.236. The molecule has 2 heterocycles. The fraction of sp³-hybridized carbons (Fsp3) is 0.200. The van der Waals surface area contributed by atoms with Crippen LogP contribution in [0.3, 0.4) is 0 Å². The zero-order chi connectivity index (χ0) is 12.4.